The fourth-order valence-corrected chi connectivity index (χ4v) is 2.51. The molecule has 124 valence electrons. The summed E-state index contributed by atoms with van der Waals surface area (Å²) >= 11 is 11.8. The Labute approximate surface area is 137 Å². The van der Waals surface area contributed by atoms with E-state index in [1.807, 2.05) is 0 Å². The molecule has 2 rings (SSSR count). The Balaban J connectivity index is 2.84. The number of methoxy groups -OCH3 is 1. The van der Waals surface area contributed by atoms with Crippen LogP contribution >= 0.6 is 23.2 Å². The molecule has 0 unspecified atom stereocenters. The van der Waals surface area contributed by atoms with E-state index in [2.05, 4.69) is 0 Å². The first-order valence-corrected chi connectivity index (χ1v) is 6.77. The van der Waals surface area contributed by atoms with Crippen molar-refractivity contribution < 1.29 is 17.9 Å². The third-order valence-electron chi connectivity index (χ3n) is 3.07. The minimum absolute atomic E-state index is 0.0882. The minimum atomic E-state index is -4.84. The fraction of sp³-hybridized carbons (Fsp3) is 0.231. The number of halogens is 5. The summed E-state index contributed by atoms with van der Waals surface area (Å²) in [5.74, 6) is 0.111. The maximum Gasteiger partial charge on any atom is 0.431 e. The SMILES string of the molecule is COc1cc(-n2c(=O)cc(C(F)(F)F)n(C)c2=O)c(Cl)cc1Cl. The van der Waals surface area contributed by atoms with Gasteiger partial charge in [-0.2, -0.15) is 13.2 Å². The van der Waals surface area contributed by atoms with Crippen LogP contribution < -0.4 is 16.0 Å². The highest BCUT2D eigenvalue weighted by molar-refractivity contribution is 6.36. The van der Waals surface area contributed by atoms with Gasteiger partial charge in [-0.05, 0) is 6.07 Å². The summed E-state index contributed by atoms with van der Waals surface area (Å²) in [6, 6.07) is 2.74. The van der Waals surface area contributed by atoms with E-state index in [1.165, 1.54) is 19.2 Å². The van der Waals surface area contributed by atoms with Crippen molar-refractivity contribution in [2.24, 2.45) is 7.05 Å². The van der Waals surface area contributed by atoms with Gasteiger partial charge in [0.25, 0.3) is 5.56 Å². The smallest absolute Gasteiger partial charge is 0.431 e. The van der Waals surface area contributed by atoms with E-state index in [0.29, 0.717) is 15.2 Å². The molecule has 23 heavy (non-hydrogen) atoms. The van der Waals surface area contributed by atoms with Crippen molar-refractivity contribution in [2.45, 2.75) is 6.18 Å². The van der Waals surface area contributed by atoms with Crippen LogP contribution in [0.3, 0.4) is 0 Å². The number of alkyl halides is 3. The van der Waals surface area contributed by atoms with E-state index in [0.717, 1.165) is 7.05 Å². The molecule has 10 heteroatoms. The Morgan fingerprint density at radius 3 is 2.22 bits per heavy atom. The minimum Gasteiger partial charge on any atom is -0.495 e. The monoisotopic (exact) mass is 368 g/mol. The van der Waals surface area contributed by atoms with Crippen LogP contribution in [-0.4, -0.2) is 16.2 Å². The van der Waals surface area contributed by atoms with Crippen molar-refractivity contribution in [1.29, 1.82) is 0 Å². The van der Waals surface area contributed by atoms with E-state index >= 15 is 0 Å². The van der Waals surface area contributed by atoms with E-state index in [-0.39, 0.29) is 21.5 Å². The Bertz CT molecular complexity index is 888. The quantitative estimate of drug-likeness (QED) is 0.818. The van der Waals surface area contributed by atoms with E-state index in [4.69, 9.17) is 27.9 Å². The van der Waals surface area contributed by atoms with Crippen molar-refractivity contribution >= 4 is 23.2 Å². The van der Waals surface area contributed by atoms with Crippen LogP contribution in [0, 0.1) is 0 Å². The summed E-state index contributed by atoms with van der Waals surface area (Å²) in [7, 11) is 2.20. The van der Waals surface area contributed by atoms with Gasteiger partial charge >= 0.3 is 11.9 Å². The van der Waals surface area contributed by atoms with Crippen molar-refractivity contribution in [3.05, 3.63) is 54.8 Å². The third kappa shape index (κ3) is 3.09. The number of aromatic nitrogens is 2. The molecule has 0 saturated carbocycles. The Kier molecular flexibility index (Phi) is 4.50. The molecule has 0 aliphatic carbocycles. The summed E-state index contributed by atoms with van der Waals surface area (Å²) in [5.41, 5.74) is -3.86. The molecular weight excluding hydrogens is 360 g/mol. The second kappa shape index (κ2) is 5.93. The maximum absolute atomic E-state index is 12.8. The lowest BCUT2D eigenvalue weighted by molar-refractivity contribution is -0.144. The van der Waals surface area contributed by atoms with Crippen LogP contribution in [0.15, 0.2) is 27.8 Å². The molecule has 1 heterocycles. The Hall–Kier alpha value is -1.93. The van der Waals surface area contributed by atoms with Crippen LogP contribution in [0.2, 0.25) is 10.0 Å². The Morgan fingerprint density at radius 2 is 1.70 bits per heavy atom. The topological polar surface area (TPSA) is 53.2 Å². The van der Waals surface area contributed by atoms with Gasteiger partial charge in [0.1, 0.15) is 11.4 Å². The first-order valence-electron chi connectivity index (χ1n) is 6.01. The van der Waals surface area contributed by atoms with Gasteiger partial charge in [0.15, 0.2) is 0 Å². The zero-order valence-electron chi connectivity index (χ0n) is 11.7. The predicted octanol–water partition coefficient (Wildman–Crippen LogP) is 2.87. The second-order valence-corrected chi connectivity index (χ2v) is 5.30. The fourth-order valence-electron chi connectivity index (χ4n) is 1.97. The normalized spacial score (nSPS) is 11.6. The van der Waals surface area contributed by atoms with Gasteiger partial charge in [-0.15, -0.1) is 0 Å². The van der Waals surface area contributed by atoms with Gasteiger partial charge in [0, 0.05) is 19.2 Å². The molecule has 0 aliphatic rings. The van der Waals surface area contributed by atoms with Gasteiger partial charge in [0.2, 0.25) is 0 Å². The molecule has 1 aromatic carbocycles. The van der Waals surface area contributed by atoms with Crippen LogP contribution in [0.1, 0.15) is 5.69 Å². The van der Waals surface area contributed by atoms with Crippen molar-refractivity contribution in [3.8, 4) is 11.4 Å². The molecule has 0 fully saturated rings. The van der Waals surface area contributed by atoms with Gasteiger partial charge in [0.05, 0.1) is 22.8 Å². The molecule has 0 bridgehead atoms. The number of ether oxygens (including phenoxy) is 1. The van der Waals surface area contributed by atoms with Crippen LogP contribution in [-0.2, 0) is 13.2 Å². The standard InChI is InChI=1S/C13H9Cl2F3N2O3/c1-19-10(13(16,17)18)5-11(21)20(12(19)22)8-4-9(23-2)7(15)3-6(8)14/h3-5H,1-2H3. The molecule has 0 saturated heterocycles. The molecule has 0 atom stereocenters. The lowest BCUT2D eigenvalue weighted by Gasteiger charge is -2.15. The average Bonchev–Trinajstić information content (AvgIpc) is 2.44. The van der Waals surface area contributed by atoms with Gasteiger partial charge < -0.3 is 4.74 Å². The summed E-state index contributed by atoms with van der Waals surface area (Å²) in [5, 5.41) is 0.0350. The first kappa shape index (κ1) is 17.4. The number of hydrogen-bond donors (Lipinski definition) is 0. The van der Waals surface area contributed by atoms with Gasteiger partial charge in [-0.1, -0.05) is 23.2 Å². The average molecular weight is 369 g/mol. The summed E-state index contributed by atoms with van der Waals surface area (Å²) in [6.07, 6.45) is -4.84. The second-order valence-electron chi connectivity index (χ2n) is 4.48. The van der Waals surface area contributed by atoms with Crippen LogP contribution in [0.5, 0.6) is 5.75 Å². The third-order valence-corrected chi connectivity index (χ3v) is 3.67. The first-order chi connectivity index (χ1) is 10.6. The van der Waals surface area contributed by atoms with Crippen LogP contribution in [0.4, 0.5) is 13.2 Å². The van der Waals surface area contributed by atoms with Gasteiger partial charge in [-0.25, -0.2) is 9.36 Å². The van der Waals surface area contributed by atoms with E-state index in [1.54, 1.807) is 0 Å². The number of nitrogens with zero attached hydrogens (tertiary/aromatic N) is 2. The lowest BCUT2D eigenvalue weighted by Crippen LogP contribution is -2.40. The highest BCUT2D eigenvalue weighted by Crippen LogP contribution is 2.32. The molecule has 0 aliphatic heterocycles. The number of hydrogen-bond acceptors (Lipinski definition) is 3. The summed E-state index contributed by atoms with van der Waals surface area (Å²) < 4.78 is 44.3. The Morgan fingerprint density at radius 1 is 1.09 bits per heavy atom. The zero-order valence-corrected chi connectivity index (χ0v) is 13.3. The van der Waals surface area contributed by atoms with Gasteiger partial charge in [-0.3, -0.25) is 9.36 Å². The molecule has 5 nitrogen and oxygen atoms in total. The largest absolute Gasteiger partial charge is 0.495 e. The molecule has 0 N–H and O–H groups in total. The highest BCUT2D eigenvalue weighted by atomic mass is 35.5. The van der Waals surface area contributed by atoms with E-state index in [9.17, 15) is 22.8 Å². The molecule has 0 spiro atoms. The number of rotatable bonds is 2. The number of benzene rings is 1. The van der Waals surface area contributed by atoms with Crippen LogP contribution in [0.25, 0.3) is 5.69 Å². The predicted molar refractivity (Wildman–Crippen MR) is 78.9 cm³/mol. The van der Waals surface area contributed by atoms with Crippen molar-refractivity contribution in [1.82, 2.24) is 9.13 Å². The molecule has 2 aromatic rings. The highest BCUT2D eigenvalue weighted by Gasteiger charge is 2.35. The van der Waals surface area contributed by atoms with Crippen molar-refractivity contribution in [2.75, 3.05) is 7.11 Å². The summed E-state index contributed by atoms with van der Waals surface area (Å²) in [6.45, 7) is 0. The molecule has 1 aromatic heterocycles. The molecule has 0 amide bonds. The lowest BCUT2D eigenvalue weighted by atomic mass is 10.2. The molecule has 0 radical (unpaired) electrons. The van der Waals surface area contributed by atoms with E-state index < -0.39 is 23.1 Å². The summed E-state index contributed by atoms with van der Waals surface area (Å²) in [4.78, 5) is 24.2. The molecular formula is C13H9Cl2F3N2O3. The van der Waals surface area contributed by atoms with Crippen molar-refractivity contribution in [3.63, 3.8) is 0 Å². The zero-order chi connectivity index (χ0) is 17.5. The maximum atomic E-state index is 12.8.